The fraction of sp³-hybridized carbons (Fsp3) is 0.500. The summed E-state index contributed by atoms with van der Waals surface area (Å²) >= 11 is 1.22. The van der Waals surface area contributed by atoms with Gasteiger partial charge in [-0.05, 0) is 19.8 Å². The molecule has 92 valence electrons. The fourth-order valence-electron chi connectivity index (χ4n) is 1.28. The zero-order valence-corrected chi connectivity index (χ0v) is 10.1. The van der Waals surface area contributed by atoms with Gasteiger partial charge in [-0.25, -0.2) is 14.6 Å². The molecule has 0 saturated heterocycles. The quantitative estimate of drug-likeness (QED) is 0.753. The molecule has 3 N–H and O–H groups in total. The van der Waals surface area contributed by atoms with Crippen molar-refractivity contribution in [3.05, 3.63) is 16.1 Å². The molecule has 0 bridgehead atoms. The summed E-state index contributed by atoms with van der Waals surface area (Å²) in [4.78, 5) is 25.9. The molecule has 1 aliphatic rings. The second kappa shape index (κ2) is 4.33. The maximum atomic E-state index is 11.5. The number of thiazole rings is 1. The zero-order chi connectivity index (χ0) is 12.5. The number of carboxylic acid groups (broad SMARTS) is 1. The van der Waals surface area contributed by atoms with Crippen molar-refractivity contribution in [3.63, 3.8) is 0 Å². The fourth-order valence-corrected chi connectivity index (χ4v) is 1.98. The standard InChI is InChI=1S/C10H13N3O3S/c1-10(2-3-10)13-9(16)11-4-7-12-6(5-17-7)8(14)15/h5H,2-4H2,1H3,(H,14,15)(H2,11,13,16). The van der Waals surface area contributed by atoms with Crippen molar-refractivity contribution in [1.29, 1.82) is 0 Å². The lowest BCUT2D eigenvalue weighted by atomic mass is 10.3. The summed E-state index contributed by atoms with van der Waals surface area (Å²) in [6.07, 6.45) is 2.00. The maximum absolute atomic E-state index is 11.5. The first-order valence-electron chi connectivity index (χ1n) is 5.22. The molecule has 0 aromatic carbocycles. The highest BCUT2D eigenvalue weighted by molar-refractivity contribution is 7.09. The molecule has 0 unspecified atom stereocenters. The lowest BCUT2D eigenvalue weighted by Gasteiger charge is -2.11. The number of aromatic nitrogens is 1. The topological polar surface area (TPSA) is 91.3 Å². The lowest BCUT2D eigenvalue weighted by Crippen LogP contribution is -2.41. The minimum absolute atomic E-state index is 0.0152. The maximum Gasteiger partial charge on any atom is 0.355 e. The highest BCUT2D eigenvalue weighted by Gasteiger charge is 2.38. The zero-order valence-electron chi connectivity index (χ0n) is 9.32. The van der Waals surface area contributed by atoms with Gasteiger partial charge in [-0.3, -0.25) is 0 Å². The summed E-state index contributed by atoms with van der Waals surface area (Å²) in [5.41, 5.74) is -0.0412. The molecule has 0 atom stereocenters. The van der Waals surface area contributed by atoms with E-state index in [-0.39, 0.29) is 23.8 Å². The van der Waals surface area contributed by atoms with E-state index in [2.05, 4.69) is 15.6 Å². The average Bonchev–Trinajstić information content (AvgIpc) is 2.82. The third-order valence-corrected chi connectivity index (χ3v) is 3.44. The predicted octanol–water partition coefficient (Wildman–Crippen LogP) is 1.19. The predicted molar refractivity (Wildman–Crippen MR) is 62.1 cm³/mol. The monoisotopic (exact) mass is 255 g/mol. The number of aromatic carboxylic acids is 1. The number of nitrogens with one attached hydrogen (secondary N) is 2. The van der Waals surface area contributed by atoms with Crippen LogP contribution in [0.3, 0.4) is 0 Å². The number of nitrogens with zero attached hydrogens (tertiary/aromatic N) is 1. The van der Waals surface area contributed by atoms with Gasteiger partial charge in [-0.15, -0.1) is 11.3 Å². The molecule has 0 aliphatic heterocycles. The van der Waals surface area contributed by atoms with E-state index >= 15 is 0 Å². The molecule has 1 aliphatic carbocycles. The smallest absolute Gasteiger partial charge is 0.355 e. The van der Waals surface area contributed by atoms with Gasteiger partial charge < -0.3 is 15.7 Å². The second-order valence-electron chi connectivity index (χ2n) is 4.30. The first kappa shape index (κ1) is 11.8. The Kier molecular flexibility index (Phi) is 3.01. The van der Waals surface area contributed by atoms with E-state index in [1.807, 2.05) is 6.92 Å². The molecule has 2 rings (SSSR count). The first-order chi connectivity index (χ1) is 7.98. The number of carbonyl (C=O) groups is 2. The molecule has 1 saturated carbocycles. The van der Waals surface area contributed by atoms with Crippen molar-refractivity contribution in [3.8, 4) is 0 Å². The van der Waals surface area contributed by atoms with Crippen LogP contribution in [-0.2, 0) is 6.54 Å². The molecule has 7 heteroatoms. The van der Waals surface area contributed by atoms with Gasteiger partial charge in [0, 0.05) is 10.9 Å². The number of rotatable bonds is 4. The van der Waals surface area contributed by atoms with Gasteiger partial charge in [0.1, 0.15) is 5.01 Å². The van der Waals surface area contributed by atoms with E-state index in [0.29, 0.717) is 5.01 Å². The Morgan fingerprint density at radius 3 is 2.82 bits per heavy atom. The highest BCUT2D eigenvalue weighted by Crippen LogP contribution is 2.33. The van der Waals surface area contributed by atoms with Crippen LogP contribution in [0.25, 0.3) is 0 Å². The van der Waals surface area contributed by atoms with Crippen LogP contribution in [-0.4, -0.2) is 27.6 Å². The lowest BCUT2D eigenvalue weighted by molar-refractivity contribution is 0.0691. The minimum atomic E-state index is -1.05. The Morgan fingerprint density at radius 2 is 2.29 bits per heavy atom. The Bertz CT molecular complexity index is 453. The van der Waals surface area contributed by atoms with Crippen LogP contribution in [0.1, 0.15) is 35.3 Å². The van der Waals surface area contributed by atoms with Crippen LogP contribution in [0, 0.1) is 0 Å². The van der Waals surface area contributed by atoms with Crippen molar-refractivity contribution in [1.82, 2.24) is 15.6 Å². The normalized spacial score (nSPS) is 16.3. The number of carbonyl (C=O) groups excluding carboxylic acids is 1. The van der Waals surface area contributed by atoms with Crippen LogP contribution in [0.15, 0.2) is 5.38 Å². The molecule has 17 heavy (non-hydrogen) atoms. The summed E-state index contributed by atoms with van der Waals surface area (Å²) in [6, 6.07) is -0.239. The van der Waals surface area contributed by atoms with Crippen LogP contribution in [0.5, 0.6) is 0 Å². The van der Waals surface area contributed by atoms with Gasteiger partial charge in [0.25, 0.3) is 0 Å². The van der Waals surface area contributed by atoms with E-state index in [1.54, 1.807) is 0 Å². The van der Waals surface area contributed by atoms with Gasteiger partial charge in [0.05, 0.1) is 6.54 Å². The number of hydrogen-bond acceptors (Lipinski definition) is 4. The molecule has 6 nitrogen and oxygen atoms in total. The minimum Gasteiger partial charge on any atom is -0.476 e. The molecular weight excluding hydrogens is 242 g/mol. The molecule has 1 aromatic rings. The van der Waals surface area contributed by atoms with Crippen LogP contribution >= 0.6 is 11.3 Å². The van der Waals surface area contributed by atoms with Gasteiger partial charge >= 0.3 is 12.0 Å². The molecule has 1 aromatic heterocycles. The first-order valence-corrected chi connectivity index (χ1v) is 6.10. The summed E-state index contributed by atoms with van der Waals surface area (Å²) in [7, 11) is 0. The number of carboxylic acids is 1. The van der Waals surface area contributed by atoms with Crippen molar-refractivity contribution in [2.24, 2.45) is 0 Å². The van der Waals surface area contributed by atoms with E-state index in [1.165, 1.54) is 16.7 Å². The Morgan fingerprint density at radius 1 is 1.59 bits per heavy atom. The third kappa shape index (κ3) is 3.16. The van der Waals surface area contributed by atoms with Gasteiger partial charge in [-0.1, -0.05) is 0 Å². The summed E-state index contributed by atoms with van der Waals surface area (Å²) in [5.74, 6) is -1.05. The molecule has 1 heterocycles. The van der Waals surface area contributed by atoms with Crippen LogP contribution < -0.4 is 10.6 Å². The van der Waals surface area contributed by atoms with E-state index in [9.17, 15) is 9.59 Å². The van der Waals surface area contributed by atoms with E-state index in [4.69, 9.17) is 5.11 Å². The number of urea groups is 1. The molecule has 0 spiro atoms. The number of hydrogen-bond donors (Lipinski definition) is 3. The molecule has 0 radical (unpaired) electrons. The molecular formula is C10H13N3O3S. The Hall–Kier alpha value is -1.63. The van der Waals surface area contributed by atoms with Crippen LogP contribution in [0.4, 0.5) is 4.79 Å². The van der Waals surface area contributed by atoms with Crippen molar-refractivity contribution in [2.45, 2.75) is 31.8 Å². The highest BCUT2D eigenvalue weighted by atomic mass is 32.1. The largest absolute Gasteiger partial charge is 0.476 e. The molecule has 1 fully saturated rings. The second-order valence-corrected chi connectivity index (χ2v) is 5.24. The van der Waals surface area contributed by atoms with Crippen molar-refractivity contribution >= 4 is 23.3 Å². The third-order valence-electron chi connectivity index (χ3n) is 2.59. The number of amides is 2. The Labute approximate surface area is 102 Å². The van der Waals surface area contributed by atoms with Gasteiger partial charge in [0.15, 0.2) is 5.69 Å². The summed E-state index contributed by atoms with van der Waals surface area (Å²) in [5, 5.41) is 16.2. The van der Waals surface area contributed by atoms with E-state index < -0.39 is 5.97 Å². The van der Waals surface area contributed by atoms with Gasteiger partial charge in [0.2, 0.25) is 0 Å². The SMILES string of the molecule is CC1(NC(=O)NCc2nc(C(=O)O)cs2)CC1. The summed E-state index contributed by atoms with van der Waals surface area (Å²) in [6.45, 7) is 2.23. The van der Waals surface area contributed by atoms with Crippen molar-refractivity contribution < 1.29 is 14.7 Å². The summed E-state index contributed by atoms with van der Waals surface area (Å²) < 4.78 is 0. The van der Waals surface area contributed by atoms with Crippen molar-refractivity contribution in [2.75, 3.05) is 0 Å². The molecule has 2 amide bonds. The van der Waals surface area contributed by atoms with Gasteiger partial charge in [-0.2, -0.15) is 0 Å². The van der Waals surface area contributed by atoms with Crippen LogP contribution in [0.2, 0.25) is 0 Å². The Balaban J connectivity index is 1.80. The van der Waals surface area contributed by atoms with E-state index in [0.717, 1.165) is 12.8 Å². The average molecular weight is 255 g/mol.